The van der Waals surface area contributed by atoms with E-state index in [2.05, 4.69) is 36.0 Å². The third kappa shape index (κ3) is 4.33. The van der Waals surface area contributed by atoms with Crippen molar-refractivity contribution in [1.29, 1.82) is 0 Å². The Bertz CT molecular complexity index is 973. The van der Waals surface area contributed by atoms with Crippen molar-refractivity contribution < 1.29 is 13.2 Å². The summed E-state index contributed by atoms with van der Waals surface area (Å²) in [4.78, 5) is 1.25. The van der Waals surface area contributed by atoms with E-state index in [0.29, 0.717) is 23.0 Å². The largest absolute Gasteiger partial charge is 0.416 e. The van der Waals surface area contributed by atoms with Crippen molar-refractivity contribution in [1.82, 2.24) is 14.8 Å². The van der Waals surface area contributed by atoms with Gasteiger partial charge in [0, 0.05) is 28.1 Å². The van der Waals surface area contributed by atoms with E-state index in [1.54, 1.807) is 23.5 Å². The fraction of sp³-hybridized carbons (Fsp3) is 0.300. The second-order valence-corrected chi connectivity index (χ2v) is 8.26. The maximum atomic E-state index is 12.9. The molecule has 0 bridgehead atoms. The van der Waals surface area contributed by atoms with Gasteiger partial charge in [-0.15, -0.1) is 28.1 Å². The highest BCUT2D eigenvalue weighted by atomic mass is 32.2. The lowest BCUT2D eigenvalue weighted by Crippen LogP contribution is -2.05. The Morgan fingerprint density at radius 2 is 2.07 bits per heavy atom. The Labute approximate surface area is 170 Å². The molecule has 0 fully saturated rings. The highest BCUT2D eigenvalue weighted by molar-refractivity contribution is 7.98. The summed E-state index contributed by atoms with van der Waals surface area (Å²) in [5.41, 5.74) is 2.26. The first-order chi connectivity index (χ1) is 13.3. The van der Waals surface area contributed by atoms with Gasteiger partial charge in [0.15, 0.2) is 11.0 Å². The zero-order valence-corrected chi connectivity index (χ0v) is 17.2. The Hall–Kier alpha value is -2.06. The number of hydrogen-bond acceptors (Lipinski definition) is 4. The summed E-state index contributed by atoms with van der Waals surface area (Å²) in [6.07, 6.45) is -1.67. The van der Waals surface area contributed by atoms with Gasteiger partial charge < -0.3 is 0 Å². The predicted octanol–water partition coefficient (Wildman–Crippen LogP) is 6.37. The topological polar surface area (TPSA) is 30.7 Å². The van der Waals surface area contributed by atoms with Crippen LogP contribution in [0, 0.1) is 6.92 Å². The standard InChI is InChI=1S/C20H20F3N3S2/c1-4-9-26-18(17-12-27-13(3)16(17)5-2)24-25-19(26)28-11-14-7-6-8-15(10-14)20(21,22)23/h4,6-8,10,12H,1,5,9,11H2,2-3H3. The van der Waals surface area contributed by atoms with Gasteiger partial charge in [-0.05, 0) is 30.5 Å². The van der Waals surface area contributed by atoms with Crippen LogP contribution >= 0.6 is 23.1 Å². The molecule has 0 radical (unpaired) electrons. The molecule has 3 nitrogen and oxygen atoms in total. The summed E-state index contributed by atoms with van der Waals surface area (Å²) in [5, 5.41) is 11.4. The number of nitrogens with zero attached hydrogens (tertiary/aromatic N) is 3. The summed E-state index contributed by atoms with van der Waals surface area (Å²) in [7, 11) is 0. The molecule has 0 saturated heterocycles. The van der Waals surface area contributed by atoms with E-state index in [9.17, 15) is 13.2 Å². The summed E-state index contributed by atoms with van der Waals surface area (Å²) < 4.78 is 40.7. The molecular formula is C20H20F3N3S2. The SMILES string of the molecule is C=CCn1c(SCc2cccc(C(F)(F)F)c2)nnc1-c1csc(C)c1CC. The molecule has 0 aliphatic rings. The average molecular weight is 424 g/mol. The molecular weight excluding hydrogens is 403 g/mol. The number of rotatable bonds is 7. The van der Waals surface area contributed by atoms with E-state index in [1.807, 2.05) is 4.57 Å². The molecule has 148 valence electrons. The van der Waals surface area contributed by atoms with Crippen LogP contribution in [0.1, 0.15) is 28.5 Å². The normalized spacial score (nSPS) is 11.8. The van der Waals surface area contributed by atoms with Crippen molar-refractivity contribution in [3.05, 3.63) is 63.9 Å². The van der Waals surface area contributed by atoms with Gasteiger partial charge in [0.25, 0.3) is 0 Å². The molecule has 0 N–H and O–H groups in total. The minimum atomic E-state index is -4.34. The lowest BCUT2D eigenvalue weighted by Gasteiger charge is -2.10. The van der Waals surface area contributed by atoms with Gasteiger partial charge in [-0.25, -0.2) is 0 Å². The number of hydrogen-bond donors (Lipinski definition) is 0. The monoisotopic (exact) mass is 423 g/mol. The van der Waals surface area contributed by atoms with Crippen molar-refractivity contribution in [2.45, 2.75) is 43.9 Å². The second kappa shape index (κ2) is 8.53. The molecule has 2 heterocycles. The molecule has 0 unspecified atom stereocenters. The first-order valence-electron chi connectivity index (χ1n) is 8.75. The highest BCUT2D eigenvalue weighted by Crippen LogP contribution is 2.34. The maximum absolute atomic E-state index is 12.9. The van der Waals surface area contributed by atoms with Gasteiger partial charge in [-0.3, -0.25) is 4.57 Å². The molecule has 0 saturated carbocycles. The number of thioether (sulfide) groups is 1. The molecule has 0 amide bonds. The minimum absolute atomic E-state index is 0.377. The predicted molar refractivity (Wildman–Crippen MR) is 109 cm³/mol. The van der Waals surface area contributed by atoms with Crippen LogP contribution in [-0.4, -0.2) is 14.8 Å². The van der Waals surface area contributed by atoms with E-state index < -0.39 is 11.7 Å². The van der Waals surface area contributed by atoms with Gasteiger partial charge in [0.05, 0.1) is 5.56 Å². The van der Waals surface area contributed by atoms with E-state index >= 15 is 0 Å². The summed E-state index contributed by atoms with van der Waals surface area (Å²) >= 11 is 3.05. The number of benzene rings is 1. The van der Waals surface area contributed by atoms with Crippen LogP contribution in [-0.2, 0) is 24.9 Å². The molecule has 0 atom stereocenters. The van der Waals surface area contributed by atoms with Crippen LogP contribution in [0.5, 0.6) is 0 Å². The van der Waals surface area contributed by atoms with E-state index in [1.165, 1.54) is 34.3 Å². The van der Waals surface area contributed by atoms with Crippen LogP contribution in [0.4, 0.5) is 13.2 Å². The van der Waals surface area contributed by atoms with Gasteiger partial charge in [0.1, 0.15) is 0 Å². The molecule has 28 heavy (non-hydrogen) atoms. The maximum Gasteiger partial charge on any atom is 0.416 e. The molecule has 0 aliphatic carbocycles. The lowest BCUT2D eigenvalue weighted by molar-refractivity contribution is -0.137. The zero-order valence-electron chi connectivity index (χ0n) is 15.6. The molecule has 0 aliphatic heterocycles. The van der Waals surface area contributed by atoms with Crippen LogP contribution in [0.3, 0.4) is 0 Å². The molecule has 1 aromatic carbocycles. The third-order valence-corrected chi connectivity index (χ3v) is 6.34. The Balaban J connectivity index is 1.87. The van der Waals surface area contributed by atoms with Gasteiger partial charge in [0.2, 0.25) is 0 Å². The van der Waals surface area contributed by atoms with Gasteiger partial charge >= 0.3 is 6.18 Å². The molecule has 2 aromatic heterocycles. The quantitative estimate of drug-likeness (QED) is 0.327. The molecule has 3 rings (SSSR count). The summed E-state index contributed by atoms with van der Waals surface area (Å²) in [6.45, 7) is 8.54. The smallest absolute Gasteiger partial charge is 0.298 e. The van der Waals surface area contributed by atoms with E-state index in [0.717, 1.165) is 23.9 Å². The van der Waals surface area contributed by atoms with Crippen molar-refractivity contribution in [3.63, 3.8) is 0 Å². The first-order valence-corrected chi connectivity index (χ1v) is 10.6. The minimum Gasteiger partial charge on any atom is -0.298 e. The highest BCUT2D eigenvalue weighted by Gasteiger charge is 2.30. The van der Waals surface area contributed by atoms with Crippen molar-refractivity contribution in [3.8, 4) is 11.4 Å². The van der Waals surface area contributed by atoms with Crippen LogP contribution in [0.15, 0.2) is 47.5 Å². The van der Waals surface area contributed by atoms with E-state index in [-0.39, 0.29) is 0 Å². The zero-order chi connectivity index (χ0) is 20.3. The van der Waals surface area contributed by atoms with E-state index in [4.69, 9.17) is 0 Å². The Morgan fingerprint density at radius 1 is 1.29 bits per heavy atom. The number of allylic oxidation sites excluding steroid dienone is 1. The van der Waals surface area contributed by atoms with Gasteiger partial charge in [-0.2, -0.15) is 13.2 Å². The molecule has 0 spiro atoms. The third-order valence-electron chi connectivity index (χ3n) is 4.35. The number of alkyl halides is 3. The number of halogens is 3. The fourth-order valence-electron chi connectivity index (χ4n) is 2.98. The number of aromatic nitrogens is 3. The summed E-state index contributed by atoms with van der Waals surface area (Å²) in [6, 6.07) is 5.38. The van der Waals surface area contributed by atoms with Crippen molar-refractivity contribution >= 4 is 23.1 Å². The lowest BCUT2D eigenvalue weighted by atomic mass is 10.1. The summed E-state index contributed by atoms with van der Waals surface area (Å²) in [5.74, 6) is 1.15. The van der Waals surface area contributed by atoms with Crippen molar-refractivity contribution in [2.24, 2.45) is 0 Å². The Kier molecular flexibility index (Phi) is 6.30. The average Bonchev–Trinajstić information content (AvgIpc) is 3.22. The van der Waals surface area contributed by atoms with Crippen LogP contribution < -0.4 is 0 Å². The number of aryl methyl sites for hydroxylation is 1. The second-order valence-electron chi connectivity index (χ2n) is 6.23. The Morgan fingerprint density at radius 3 is 2.75 bits per heavy atom. The van der Waals surface area contributed by atoms with Crippen LogP contribution in [0.25, 0.3) is 11.4 Å². The van der Waals surface area contributed by atoms with Crippen LogP contribution in [0.2, 0.25) is 0 Å². The molecule has 3 aromatic rings. The molecule has 8 heteroatoms. The van der Waals surface area contributed by atoms with Gasteiger partial charge in [-0.1, -0.05) is 43.0 Å². The fourth-order valence-corrected chi connectivity index (χ4v) is 4.81. The first kappa shape index (κ1) is 20.7. The number of thiophene rings is 1. The van der Waals surface area contributed by atoms with Crippen molar-refractivity contribution in [2.75, 3.05) is 0 Å².